The normalized spacial score (nSPS) is 19.2. The highest BCUT2D eigenvalue weighted by molar-refractivity contribution is 5.81. The van der Waals surface area contributed by atoms with Gasteiger partial charge in [-0.3, -0.25) is 0 Å². The molecule has 0 saturated heterocycles. The number of hydrogen-bond donors (Lipinski definition) is 1. The third-order valence-electron chi connectivity index (χ3n) is 5.09. The molecule has 2 heteroatoms. The van der Waals surface area contributed by atoms with Crippen molar-refractivity contribution in [3.05, 3.63) is 35.6 Å². The molecule has 1 aromatic heterocycles. The van der Waals surface area contributed by atoms with Crippen LogP contribution in [0, 0.1) is 12.3 Å². The summed E-state index contributed by atoms with van der Waals surface area (Å²) in [5.41, 5.74) is 2.61. The highest BCUT2D eigenvalue weighted by Gasteiger charge is 2.39. The predicted octanol–water partition coefficient (Wildman–Crippen LogP) is 5.36. The van der Waals surface area contributed by atoms with Gasteiger partial charge in [-0.05, 0) is 49.8 Å². The molecular weight excluding hydrogens is 258 g/mol. The molecule has 1 aliphatic carbocycles. The van der Waals surface area contributed by atoms with E-state index in [1.165, 1.54) is 36.6 Å². The van der Waals surface area contributed by atoms with Crippen LogP contribution < -0.4 is 5.32 Å². The van der Waals surface area contributed by atoms with Gasteiger partial charge in [-0.15, -0.1) is 0 Å². The molecule has 1 unspecified atom stereocenters. The molecule has 0 spiro atoms. The van der Waals surface area contributed by atoms with Gasteiger partial charge in [-0.25, -0.2) is 0 Å². The molecule has 1 heterocycles. The third-order valence-corrected chi connectivity index (χ3v) is 5.09. The Balaban J connectivity index is 1.99. The molecule has 1 aromatic carbocycles. The van der Waals surface area contributed by atoms with Gasteiger partial charge in [0.2, 0.25) is 0 Å². The molecule has 1 saturated carbocycles. The van der Waals surface area contributed by atoms with Crippen LogP contribution in [0.15, 0.2) is 28.7 Å². The molecular formula is C19H27NO. The molecule has 0 amide bonds. The van der Waals surface area contributed by atoms with Gasteiger partial charge < -0.3 is 9.73 Å². The minimum Gasteiger partial charge on any atom is -0.459 e. The van der Waals surface area contributed by atoms with Gasteiger partial charge in [0.15, 0.2) is 0 Å². The largest absolute Gasteiger partial charge is 0.459 e. The van der Waals surface area contributed by atoms with Crippen LogP contribution >= 0.6 is 0 Å². The molecule has 114 valence electrons. The number of rotatable bonds is 5. The Morgan fingerprint density at radius 2 is 2.05 bits per heavy atom. The minimum absolute atomic E-state index is 0.330. The molecule has 0 bridgehead atoms. The molecule has 2 aromatic rings. The summed E-state index contributed by atoms with van der Waals surface area (Å²) in [6.45, 7) is 7.83. The van der Waals surface area contributed by atoms with E-state index in [2.05, 4.69) is 50.4 Å². The van der Waals surface area contributed by atoms with Crippen molar-refractivity contribution in [2.24, 2.45) is 5.41 Å². The lowest BCUT2D eigenvalue weighted by Gasteiger charge is -2.33. The number of nitrogens with one attached hydrogen (secondary N) is 1. The summed E-state index contributed by atoms with van der Waals surface area (Å²) < 4.78 is 6.27. The number of para-hydroxylation sites is 1. The van der Waals surface area contributed by atoms with Crippen LogP contribution in [0.2, 0.25) is 0 Å². The Morgan fingerprint density at radius 3 is 2.71 bits per heavy atom. The number of benzene rings is 1. The van der Waals surface area contributed by atoms with Gasteiger partial charge in [0.05, 0.1) is 6.04 Å². The number of furan rings is 1. The molecule has 3 rings (SSSR count). The summed E-state index contributed by atoms with van der Waals surface area (Å²) in [6.07, 6.45) is 6.45. The summed E-state index contributed by atoms with van der Waals surface area (Å²) in [4.78, 5) is 0. The van der Waals surface area contributed by atoms with Crippen molar-refractivity contribution < 1.29 is 4.42 Å². The second kappa shape index (κ2) is 5.84. The van der Waals surface area contributed by atoms with Gasteiger partial charge in [-0.1, -0.05) is 44.9 Å². The average molecular weight is 285 g/mol. The fourth-order valence-electron chi connectivity index (χ4n) is 3.82. The second-order valence-corrected chi connectivity index (χ2v) is 6.89. The van der Waals surface area contributed by atoms with E-state index < -0.39 is 0 Å². The van der Waals surface area contributed by atoms with Gasteiger partial charge >= 0.3 is 0 Å². The maximum Gasteiger partial charge on any atom is 0.137 e. The molecule has 2 nitrogen and oxygen atoms in total. The molecule has 0 aliphatic heterocycles. The zero-order valence-corrected chi connectivity index (χ0v) is 13.5. The molecule has 0 radical (unpaired) electrons. The van der Waals surface area contributed by atoms with Crippen LogP contribution in [0.25, 0.3) is 11.0 Å². The Labute approximate surface area is 127 Å². The standard InChI is InChI=1S/C19H27NO/c1-4-12-20-18(19(3)10-5-6-11-19)16-13-15-9-7-8-14(2)17(15)21-16/h7-9,13,18,20H,4-6,10-12H2,1-3H3. The van der Waals surface area contributed by atoms with E-state index in [4.69, 9.17) is 4.42 Å². The van der Waals surface area contributed by atoms with Crippen LogP contribution in [0.5, 0.6) is 0 Å². The Bertz CT molecular complexity index is 607. The molecule has 1 N–H and O–H groups in total. The van der Waals surface area contributed by atoms with Crippen LogP contribution in [-0.2, 0) is 0 Å². The van der Waals surface area contributed by atoms with E-state index in [0.717, 1.165) is 24.3 Å². The maximum atomic E-state index is 6.27. The van der Waals surface area contributed by atoms with Crippen molar-refractivity contribution in [1.29, 1.82) is 0 Å². The first kappa shape index (κ1) is 14.6. The zero-order valence-electron chi connectivity index (χ0n) is 13.5. The highest BCUT2D eigenvalue weighted by atomic mass is 16.3. The van der Waals surface area contributed by atoms with E-state index in [1.54, 1.807) is 0 Å². The maximum absolute atomic E-state index is 6.27. The van der Waals surface area contributed by atoms with Crippen LogP contribution in [-0.4, -0.2) is 6.54 Å². The fraction of sp³-hybridized carbons (Fsp3) is 0.579. The Morgan fingerprint density at radius 1 is 1.29 bits per heavy atom. The van der Waals surface area contributed by atoms with Crippen LogP contribution in [0.4, 0.5) is 0 Å². The van der Waals surface area contributed by atoms with Crippen molar-refractivity contribution in [1.82, 2.24) is 5.32 Å². The van der Waals surface area contributed by atoms with E-state index in [9.17, 15) is 0 Å². The van der Waals surface area contributed by atoms with Gasteiger partial charge in [0.25, 0.3) is 0 Å². The average Bonchev–Trinajstić information content (AvgIpc) is 3.07. The second-order valence-electron chi connectivity index (χ2n) is 6.89. The lowest BCUT2D eigenvalue weighted by atomic mass is 9.79. The monoisotopic (exact) mass is 285 g/mol. The first-order valence-corrected chi connectivity index (χ1v) is 8.36. The summed E-state index contributed by atoms with van der Waals surface area (Å²) in [5, 5.41) is 4.99. The summed E-state index contributed by atoms with van der Waals surface area (Å²) in [5.74, 6) is 1.12. The SMILES string of the molecule is CCCNC(c1cc2cccc(C)c2o1)C1(C)CCCC1. The molecule has 21 heavy (non-hydrogen) atoms. The quantitative estimate of drug-likeness (QED) is 0.799. The zero-order chi connectivity index (χ0) is 14.9. The van der Waals surface area contributed by atoms with Crippen LogP contribution in [0.1, 0.15) is 63.3 Å². The smallest absolute Gasteiger partial charge is 0.137 e. The fourth-order valence-corrected chi connectivity index (χ4v) is 3.82. The summed E-state index contributed by atoms with van der Waals surface area (Å²) in [7, 11) is 0. The Hall–Kier alpha value is -1.28. The number of aryl methyl sites for hydroxylation is 1. The highest BCUT2D eigenvalue weighted by Crippen LogP contribution is 2.48. The van der Waals surface area contributed by atoms with E-state index in [-0.39, 0.29) is 0 Å². The molecule has 1 aliphatic rings. The van der Waals surface area contributed by atoms with E-state index in [0.29, 0.717) is 11.5 Å². The van der Waals surface area contributed by atoms with Gasteiger partial charge in [0.1, 0.15) is 11.3 Å². The minimum atomic E-state index is 0.330. The topological polar surface area (TPSA) is 25.2 Å². The van der Waals surface area contributed by atoms with Crippen molar-refractivity contribution in [3.63, 3.8) is 0 Å². The first-order chi connectivity index (χ1) is 10.1. The predicted molar refractivity (Wildman–Crippen MR) is 88.6 cm³/mol. The van der Waals surface area contributed by atoms with Crippen molar-refractivity contribution in [2.75, 3.05) is 6.54 Å². The summed E-state index contributed by atoms with van der Waals surface area (Å²) in [6, 6.07) is 8.98. The number of hydrogen-bond acceptors (Lipinski definition) is 2. The van der Waals surface area contributed by atoms with Crippen molar-refractivity contribution in [3.8, 4) is 0 Å². The van der Waals surface area contributed by atoms with E-state index >= 15 is 0 Å². The lowest BCUT2D eigenvalue weighted by Crippen LogP contribution is -2.34. The first-order valence-electron chi connectivity index (χ1n) is 8.36. The third kappa shape index (κ3) is 2.74. The van der Waals surface area contributed by atoms with E-state index in [1.807, 2.05) is 0 Å². The van der Waals surface area contributed by atoms with Crippen molar-refractivity contribution in [2.45, 2.75) is 58.9 Å². The van der Waals surface area contributed by atoms with Crippen molar-refractivity contribution >= 4 is 11.0 Å². The Kier molecular flexibility index (Phi) is 4.08. The lowest BCUT2D eigenvalue weighted by molar-refractivity contribution is 0.199. The molecule has 1 fully saturated rings. The van der Waals surface area contributed by atoms with Gasteiger partial charge in [0, 0.05) is 5.39 Å². The summed E-state index contributed by atoms with van der Waals surface area (Å²) >= 11 is 0. The van der Waals surface area contributed by atoms with Gasteiger partial charge in [-0.2, -0.15) is 0 Å². The number of fused-ring (bicyclic) bond motifs is 1. The molecule has 1 atom stereocenters. The van der Waals surface area contributed by atoms with Crippen LogP contribution in [0.3, 0.4) is 0 Å².